The first-order valence-electron chi connectivity index (χ1n) is 11.3. The van der Waals surface area contributed by atoms with Crippen molar-refractivity contribution in [2.45, 2.75) is 18.9 Å². The van der Waals surface area contributed by atoms with E-state index in [1.807, 2.05) is 0 Å². The largest absolute Gasteiger partial charge is 0.452 e. The second kappa shape index (κ2) is 9.00. The van der Waals surface area contributed by atoms with Gasteiger partial charge in [-0.15, -0.1) is 0 Å². The smallest absolute Gasteiger partial charge is 0.338 e. The van der Waals surface area contributed by atoms with Gasteiger partial charge in [0.25, 0.3) is 29.5 Å². The number of hydrogen-bond donors (Lipinski definition) is 1. The highest BCUT2D eigenvalue weighted by Crippen LogP contribution is 2.27. The molecule has 1 saturated heterocycles. The molecule has 5 rings (SSSR count). The normalized spacial score (nSPS) is 18.5. The zero-order valence-electron chi connectivity index (χ0n) is 19.2. The van der Waals surface area contributed by atoms with Gasteiger partial charge in [-0.1, -0.05) is 0 Å². The van der Waals surface area contributed by atoms with Crippen molar-refractivity contribution in [1.82, 2.24) is 9.80 Å². The molecule has 3 heterocycles. The van der Waals surface area contributed by atoms with Crippen LogP contribution in [0.3, 0.4) is 0 Å². The molecule has 1 unspecified atom stereocenters. The lowest BCUT2D eigenvalue weighted by Gasteiger charge is -2.17. The van der Waals surface area contributed by atoms with E-state index in [1.165, 1.54) is 43.4 Å². The van der Waals surface area contributed by atoms with E-state index in [1.54, 1.807) is 0 Å². The Labute approximate surface area is 204 Å². The summed E-state index contributed by atoms with van der Waals surface area (Å²) in [5.74, 6) is -3.35. The van der Waals surface area contributed by atoms with Crippen molar-refractivity contribution in [2.75, 3.05) is 32.1 Å². The van der Waals surface area contributed by atoms with Gasteiger partial charge in [-0.2, -0.15) is 0 Å². The third kappa shape index (κ3) is 4.03. The molecule has 0 aromatic heterocycles. The minimum Gasteiger partial charge on any atom is -0.452 e. The number of carbonyl (C=O) groups is 6. The number of amides is 5. The van der Waals surface area contributed by atoms with Crippen LogP contribution in [0.2, 0.25) is 0 Å². The van der Waals surface area contributed by atoms with Crippen molar-refractivity contribution in [3.05, 3.63) is 64.2 Å². The standard InChI is InChI=1S/C25H21N3O8/c1-27-21(30)16-7-5-14(10-19(16)22(27)31)26-20(29)12-36-25(34)13-4-6-17-18(9-13)24(33)28(23(17)32)11-15-3-2-8-35-15/h4-7,9-10,15H,2-3,8,11-12H2,1H3,(H,26,29). The van der Waals surface area contributed by atoms with Gasteiger partial charge in [0.2, 0.25) is 0 Å². The maximum absolute atomic E-state index is 12.8. The molecule has 184 valence electrons. The van der Waals surface area contributed by atoms with Crippen LogP contribution in [0.4, 0.5) is 5.69 Å². The van der Waals surface area contributed by atoms with Crippen molar-refractivity contribution in [3.63, 3.8) is 0 Å². The average Bonchev–Trinajstić information content (AvgIpc) is 3.53. The number of anilines is 1. The highest BCUT2D eigenvalue weighted by atomic mass is 16.5. The van der Waals surface area contributed by atoms with Gasteiger partial charge in [0.05, 0.1) is 40.5 Å². The molecule has 2 aromatic carbocycles. The van der Waals surface area contributed by atoms with Crippen molar-refractivity contribution >= 4 is 41.2 Å². The number of carbonyl (C=O) groups excluding carboxylic acids is 6. The predicted octanol–water partition coefficient (Wildman–Crippen LogP) is 1.48. The molecule has 3 aliphatic heterocycles. The van der Waals surface area contributed by atoms with E-state index in [0.717, 1.165) is 22.6 Å². The zero-order chi connectivity index (χ0) is 25.6. The Morgan fingerprint density at radius 3 is 2.36 bits per heavy atom. The molecule has 1 atom stereocenters. The summed E-state index contributed by atoms with van der Waals surface area (Å²) in [4.78, 5) is 76.4. The van der Waals surface area contributed by atoms with E-state index in [9.17, 15) is 28.8 Å². The summed E-state index contributed by atoms with van der Waals surface area (Å²) in [5, 5.41) is 2.51. The van der Waals surface area contributed by atoms with Crippen LogP contribution in [0.5, 0.6) is 0 Å². The van der Waals surface area contributed by atoms with Gasteiger partial charge in [-0.25, -0.2) is 4.79 Å². The van der Waals surface area contributed by atoms with E-state index < -0.39 is 42.1 Å². The number of esters is 1. The van der Waals surface area contributed by atoms with Gasteiger partial charge < -0.3 is 14.8 Å². The minimum atomic E-state index is -0.845. The van der Waals surface area contributed by atoms with E-state index in [4.69, 9.17) is 9.47 Å². The Morgan fingerprint density at radius 1 is 0.944 bits per heavy atom. The van der Waals surface area contributed by atoms with Gasteiger partial charge in [0.15, 0.2) is 6.61 Å². The van der Waals surface area contributed by atoms with E-state index >= 15 is 0 Å². The first-order valence-corrected chi connectivity index (χ1v) is 11.3. The Hall–Kier alpha value is -4.38. The zero-order valence-corrected chi connectivity index (χ0v) is 19.2. The fourth-order valence-electron chi connectivity index (χ4n) is 4.43. The molecule has 1 N–H and O–H groups in total. The molecule has 0 bridgehead atoms. The summed E-state index contributed by atoms with van der Waals surface area (Å²) in [5.41, 5.74) is 0.987. The van der Waals surface area contributed by atoms with Crippen LogP contribution in [0.25, 0.3) is 0 Å². The quantitative estimate of drug-likeness (QED) is 0.474. The summed E-state index contributed by atoms with van der Waals surface area (Å²) in [6.45, 7) is 0.127. The first kappa shape index (κ1) is 23.4. The molecule has 0 aliphatic carbocycles. The van der Waals surface area contributed by atoms with Gasteiger partial charge in [0, 0.05) is 19.3 Å². The van der Waals surface area contributed by atoms with Crippen LogP contribution in [0.1, 0.15) is 64.6 Å². The second-order valence-corrected chi connectivity index (χ2v) is 8.67. The van der Waals surface area contributed by atoms with Crippen molar-refractivity contribution in [2.24, 2.45) is 0 Å². The molecule has 0 radical (unpaired) electrons. The lowest BCUT2D eigenvalue weighted by molar-refractivity contribution is -0.119. The molecule has 11 heteroatoms. The maximum atomic E-state index is 12.8. The van der Waals surface area contributed by atoms with Gasteiger partial charge in [0.1, 0.15) is 0 Å². The Bertz CT molecular complexity index is 1340. The van der Waals surface area contributed by atoms with E-state index in [0.29, 0.717) is 6.61 Å². The number of rotatable bonds is 6. The second-order valence-electron chi connectivity index (χ2n) is 8.67. The number of benzene rings is 2. The van der Waals surface area contributed by atoms with E-state index in [2.05, 4.69) is 5.32 Å². The van der Waals surface area contributed by atoms with Crippen LogP contribution >= 0.6 is 0 Å². The molecule has 11 nitrogen and oxygen atoms in total. The van der Waals surface area contributed by atoms with E-state index in [-0.39, 0.29) is 46.2 Å². The monoisotopic (exact) mass is 491 g/mol. The third-order valence-electron chi connectivity index (χ3n) is 6.32. The molecular weight excluding hydrogens is 470 g/mol. The molecule has 2 aromatic rings. The summed E-state index contributed by atoms with van der Waals surface area (Å²) >= 11 is 0. The van der Waals surface area contributed by atoms with Crippen molar-refractivity contribution < 1.29 is 38.2 Å². The lowest BCUT2D eigenvalue weighted by atomic mass is 10.1. The third-order valence-corrected chi connectivity index (χ3v) is 6.32. The molecular formula is C25H21N3O8. The van der Waals surface area contributed by atoms with Crippen LogP contribution in [0.15, 0.2) is 36.4 Å². The van der Waals surface area contributed by atoms with Gasteiger partial charge in [-0.05, 0) is 49.2 Å². The molecule has 0 spiro atoms. The van der Waals surface area contributed by atoms with Gasteiger partial charge >= 0.3 is 5.97 Å². The lowest BCUT2D eigenvalue weighted by Crippen LogP contribution is -2.36. The highest BCUT2D eigenvalue weighted by molar-refractivity contribution is 6.22. The molecule has 1 fully saturated rings. The Kier molecular flexibility index (Phi) is 5.84. The average molecular weight is 491 g/mol. The summed E-state index contributed by atoms with van der Waals surface area (Å²) in [7, 11) is 1.37. The number of fused-ring (bicyclic) bond motifs is 2. The molecule has 3 aliphatic rings. The fourth-order valence-corrected chi connectivity index (χ4v) is 4.43. The number of imide groups is 2. The molecule has 5 amide bonds. The molecule has 36 heavy (non-hydrogen) atoms. The number of ether oxygens (including phenoxy) is 2. The Balaban J connectivity index is 1.20. The summed E-state index contributed by atoms with van der Waals surface area (Å²) < 4.78 is 10.6. The first-order chi connectivity index (χ1) is 17.2. The van der Waals surface area contributed by atoms with Crippen LogP contribution in [0, 0.1) is 0 Å². The topological polar surface area (TPSA) is 139 Å². The fraction of sp³-hybridized carbons (Fsp3) is 0.280. The molecule has 0 saturated carbocycles. The van der Waals surface area contributed by atoms with Gasteiger partial charge in [-0.3, -0.25) is 33.8 Å². The maximum Gasteiger partial charge on any atom is 0.338 e. The van der Waals surface area contributed by atoms with Crippen molar-refractivity contribution in [3.8, 4) is 0 Å². The van der Waals surface area contributed by atoms with Crippen molar-refractivity contribution in [1.29, 1.82) is 0 Å². The SMILES string of the molecule is CN1C(=O)c2ccc(NC(=O)COC(=O)c3ccc4c(c3)C(=O)N(CC3CCCO3)C4=O)cc2C1=O. The van der Waals surface area contributed by atoms with Crippen LogP contribution in [-0.2, 0) is 14.3 Å². The number of nitrogens with one attached hydrogen (secondary N) is 1. The summed E-state index contributed by atoms with van der Waals surface area (Å²) in [6, 6.07) is 8.32. The number of nitrogens with zero attached hydrogens (tertiary/aromatic N) is 2. The minimum absolute atomic E-state index is 0.0198. The number of hydrogen-bond acceptors (Lipinski definition) is 8. The van der Waals surface area contributed by atoms with Crippen LogP contribution < -0.4 is 5.32 Å². The predicted molar refractivity (Wildman–Crippen MR) is 123 cm³/mol. The Morgan fingerprint density at radius 2 is 1.61 bits per heavy atom. The highest BCUT2D eigenvalue weighted by Gasteiger charge is 2.38. The van der Waals surface area contributed by atoms with Crippen LogP contribution in [-0.4, -0.2) is 78.2 Å². The summed E-state index contributed by atoms with van der Waals surface area (Å²) in [6.07, 6.45) is 1.45.